The molecule has 14 heavy (non-hydrogen) atoms. The van der Waals surface area contributed by atoms with Crippen molar-refractivity contribution in [2.75, 3.05) is 0 Å². The van der Waals surface area contributed by atoms with Crippen LogP contribution in [0.5, 0.6) is 0 Å². The van der Waals surface area contributed by atoms with Crippen LogP contribution in [0.15, 0.2) is 9.85 Å². The van der Waals surface area contributed by atoms with Gasteiger partial charge in [0, 0.05) is 4.88 Å². The van der Waals surface area contributed by atoms with E-state index in [2.05, 4.69) is 28.9 Å². The minimum absolute atomic E-state index is 0.445. The number of aliphatic hydroxyl groups is 1. The normalized spacial score (nSPS) is 39.9. The lowest BCUT2D eigenvalue weighted by Crippen LogP contribution is -2.10. The van der Waals surface area contributed by atoms with Crippen LogP contribution in [-0.4, -0.2) is 5.11 Å². The molecule has 0 radical (unpaired) electrons. The Morgan fingerprint density at radius 1 is 1.50 bits per heavy atom. The van der Waals surface area contributed by atoms with E-state index in [4.69, 9.17) is 0 Å². The molecule has 2 fully saturated rings. The van der Waals surface area contributed by atoms with Crippen molar-refractivity contribution in [2.45, 2.75) is 31.8 Å². The summed E-state index contributed by atoms with van der Waals surface area (Å²) in [4.78, 5) is 1.18. The van der Waals surface area contributed by atoms with Crippen LogP contribution < -0.4 is 0 Å². The maximum absolute atomic E-state index is 10.5. The Balaban J connectivity index is 1.97. The molecule has 1 nitrogen and oxygen atoms in total. The van der Waals surface area contributed by atoms with Gasteiger partial charge in [0.05, 0.1) is 3.79 Å². The summed E-state index contributed by atoms with van der Waals surface area (Å²) in [5.74, 6) is 1.12. The number of hydrogen-bond acceptors (Lipinski definition) is 2. The fourth-order valence-corrected chi connectivity index (χ4v) is 4.70. The lowest BCUT2D eigenvalue weighted by atomic mass is 10.1. The van der Waals surface area contributed by atoms with Gasteiger partial charge in [0.1, 0.15) is 5.60 Å². The van der Waals surface area contributed by atoms with Gasteiger partial charge in [-0.3, -0.25) is 0 Å². The van der Waals surface area contributed by atoms with E-state index >= 15 is 0 Å². The van der Waals surface area contributed by atoms with Crippen LogP contribution in [0.1, 0.15) is 29.7 Å². The first-order valence-corrected chi connectivity index (χ1v) is 6.73. The van der Waals surface area contributed by atoms with Crippen LogP contribution >= 0.6 is 27.3 Å². The zero-order valence-corrected chi connectivity index (χ0v) is 10.5. The molecule has 2 unspecified atom stereocenters. The Morgan fingerprint density at radius 2 is 2.14 bits per heavy atom. The first-order chi connectivity index (χ1) is 6.64. The van der Waals surface area contributed by atoms with E-state index in [0.717, 1.165) is 0 Å². The molecule has 2 aliphatic rings. The minimum atomic E-state index is -0.445. The van der Waals surface area contributed by atoms with Crippen LogP contribution in [0.3, 0.4) is 0 Å². The monoisotopic (exact) mass is 272 g/mol. The largest absolute Gasteiger partial charge is 0.384 e. The molecule has 3 heteroatoms. The molecule has 1 aromatic rings. The second kappa shape index (κ2) is 2.83. The van der Waals surface area contributed by atoms with Crippen LogP contribution in [0, 0.1) is 18.8 Å². The lowest BCUT2D eigenvalue weighted by Gasteiger charge is -2.11. The minimum Gasteiger partial charge on any atom is -0.384 e. The van der Waals surface area contributed by atoms with Crippen molar-refractivity contribution < 1.29 is 5.11 Å². The molecule has 2 saturated carbocycles. The molecular weight excluding hydrogens is 260 g/mol. The average molecular weight is 273 g/mol. The fraction of sp³-hybridized carbons (Fsp3) is 0.636. The first-order valence-electron chi connectivity index (χ1n) is 5.13. The molecule has 0 bridgehead atoms. The van der Waals surface area contributed by atoms with Crippen molar-refractivity contribution in [1.29, 1.82) is 0 Å². The van der Waals surface area contributed by atoms with E-state index in [1.807, 2.05) is 0 Å². The highest BCUT2D eigenvalue weighted by Crippen LogP contribution is 2.67. The van der Waals surface area contributed by atoms with Gasteiger partial charge in [-0.05, 0) is 59.2 Å². The quantitative estimate of drug-likeness (QED) is 0.831. The summed E-state index contributed by atoms with van der Waals surface area (Å²) in [7, 11) is 0. The van der Waals surface area contributed by atoms with E-state index in [0.29, 0.717) is 11.8 Å². The maximum Gasteiger partial charge on any atom is 0.105 e. The van der Waals surface area contributed by atoms with Gasteiger partial charge in [-0.2, -0.15) is 0 Å². The standard InChI is InChI=1S/C11H13BrOS/c1-6-5-9(14-10(6)12)11(13)7-3-2-4-8(7)11/h5,7-8,13H,2-4H2,1H3. The van der Waals surface area contributed by atoms with E-state index in [1.165, 1.54) is 33.5 Å². The number of rotatable bonds is 1. The van der Waals surface area contributed by atoms with E-state index < -0.39 is 5.60 Å². The molecule has 1 aromatic heterocycles. The molecule has 1 heterocycles. The summed E-state index contributed by atoms with van der Waals surface area (Å²) in [6.45, 7) is 2.09. The van der Waals surface area contributed by atoms with Crippen LogP contribution in [-0.2, 0) is 5.60 Å². The van der Waals surface area contributed by atoms with Gasteiger partial charge in [0.25, 0.3) is 0 Å². The first kappa shape index (κ1) is 9.37. The number of aryl methyl sites for hydroxylation is 1. The smallest absolute Gasteiger partial charge is 0.105 e. The topological polar surface area (TPSA) is 20.2 Å². The van der Waals surface area contributed by atoms with Gasteiger partial charge >= 0.3 is 0 Å². The molecule has 2 atom stereocenters. The highest BCUT2D eigenvalue weighted by atomic mass is 79.9. The zero-order chi connectivity index (χ0) is 9.92. The van der Waals surface area contributed by atoms with Crippen molar-refractivity contribution in [3.63, 3.8) is 0 Å². The van der Waals surface area contributed by atoms with Gasteiger partial charge in [-0.1, -0.05) is 6.42 Å². The molecule has 2 aliphatic carbocycles. The third-order valence-electron chi connectivity index (χ3n) is 3.79. The van der Waals surface area contributed by atoms with Gasteiger partial charge in [0.15, 0.2) is 0 Å². The predicted octanol–water partition coefficient (Wildman–Crippen LogP) is 3.44. The summed E-state index contributed by atoms with van der Waals surface area (Å²) in [5.41, 5.74) is 0.808. The summed E-state index contributed by atoms with van der Waals surface area (Å²) in [6, 6.07) is 2.15. The number of thiophene rings is 1. The van der Waals surface area contributed by atoms with Crippen molar-refractivity contribution in [1.82, 2.24) is 0 Å². The van der Waals surface area contributed by atoms with Crippen molar-refractivity contribution >= 4 is 27.3 Å². The Bertz CT molecular complexity index is 355. The van der Waals surface area contributed by atoms with Gasteiger partial charge in [-0.15, -0.1) is 11.3 Å². The maximum atomic E-state index is 10.5. The predicted molar refractivity (Wildman–Crippen MR) is 61.5 cm³/mol. The molecule has 0 aromatic carbocycles. The number of fused-ring (bicyclic) bond motifs is 1. The molecule has 76 valence electrons. The van der Waals surface area contributed by atoms with Gasteiger partial charge in [-0.25, -0.2) is 0 Å². The molecule has 0 aliphatic heterocycles. The van der Waals surface area contributed by atoms with Crippen LogP contribution in [0.25, 0.3) is 0 Å². The summed E-state index contributed by atoms with van der Waals surface area (Å²) < 4.78 is 1.17. The second-order valence-electron chi connectivity index (χ2n) is 4.54. The van der Waals surface area contributed by atoms with Crippen molar-refractivity contribution in [2.24, 2.45) is 11.8 Å². The third-order valence-corrected chi connectivity index (χ3v) is 6.07. The molecule has 1 N–H and O–H groups in total. The molecule has 0 spiro atoms. The Hall–Kier alpha value is 0.140. The van der Waals surface area contributed by atoms with E-state index in [9.17, 15) is 5.11 Å². The Labute approximate surface area is 96.3 Å². The second-order valence-corrected chi connectivity index (χ2v) is 6.91. The summed E-state index contributed by atoms with van der Waals surface area (Å²) >= 11 is 5.23. The third kappa shape index (κ3) is 1.04. The average Bonchev–Trinajstić information content (AvgIpc) is 2.62. The Morgan fingerprint density at radius 3 is 2.64 bits per heavy atom. The Kier molecular flexibility index (Phi) is 1.90. The molecule has 0 saturated heterocycles. The van der Waals surface area contributed by atoms with Crippen molar-refractivity contribution in [3.05, 3.63) is 20.3 Å². The summed E-state index contributed by atoms with van der Waals surface area (Å²) in [5, 5.41) is 10.5. The van der Waals surface area contributed by atoms with Crippen LogP contribution in [0.4, 0.5) is 0 Å². The highest BCUT2D eigenvalue weighted by Gasteiger charge is 2.66. The molecule has 3 rings (SSSR count). The fourth-order valence-electron chi connectivity index (χ4n) is 2.94. The van der Waals surface area contributed by atoms with Gasteiger partial charge < -0.3 is 5.11 Å². The zero-order valence-electron chi connectivity index (χ0n) is 8.09. The van der Waals surface area contributed by atoms with Gasteiger partial charge in [0.2, 0.25) is 0 Å². The lowest BCUT2D eigenvalue weighted by molar-refractivity contribution is 0.109. The highest BCUT2D eigenvalue weighted by molar-refractivity contribution is 9.11. The van der Waals surface area contributed by atoms with E-state index in [-0.39, 0.29) is 0 Å². The number of hydrogen-bond donors (Lipinski definition) is 1. The van der Waals surface area contributed by atoms with Crippen molar-refractivity contribution in [3.8, 4) is 0 Å². The van der Waals surface area contributed by atoms with Crippen LogP contribution in [0.2, 0.25) is 0 Å². The molecule has 0 amide bonds. The number of halogens is 1. The SMILES string of the molecule is Cc1cc(C2(O)C3CCCC32)sc1Br. The van der Waals surface area contributed by atoms with E-state index in [1.54, 1.807) is 11.3 Å². The molecular formula is C11H13BrOS. The summed E-state index contributed by atoms with van der Waals surface area (Å²) in [6.07, 6.45) is 3.74.